The maximum atomic E-state index is 11.9. The SMILES string of the molecule is C=C(C)[C@@]1(O)CC[C@@H]2[C@](C)(CC[C@]3(C)[C@H]4CC(C)(C)CC[C@@]4(C)CC[C@@]23C)[C@H]1CCCO. The molecule has 0 amide bonds. The van der Waals surface area contributed by atoms with E-state index < -0.39 is 5.60 Å². The molecule has 0 spiro atoms. The van der Waals surface area contributed by atoms with Crippen LogP contribution in [0.1, 0.15) is 119 Å². The Labute approximate surface area is 198 Å². The largest absolute Gasteiger partial charge is 0.396 e. The first-order valence-corrected chi connectivity index (χ1v) is 13.7. The molecule has 2 nitrogen and oxygen atoms in total. The lowest BCUT2D eigenvalue weighted by Crippen LogP contribution is -2.68. The molecule has 2 N–H and O–H groups in total. The van der Waals surface area contributed by atoms with Gasteiger partial charge in [-0.05, 0) is 128 Å². The third kappa shape index (κ3) is 3.24. The molecule has 0 heterocycles. The van der Waals surface area contributed by atoms with Crippen molar-refractivity contribution in [3.05, 3.63) is 12.2 Å². The first-order chi connectivity index (χ1) is 14.7. The molecule has 0 aromatic heterocycles. The predicted octanol–water partition coefficient (Wildman–Crippen LogP) is 7.53. The molecule has 4 saturated carbocycles. The molecule has 0 unspecified atom stereocenters. The van der Waals surface area contributed by atoms with Crippen molar-refractivity contribution in [1.82, 2.24) is 0 Å². The molecule has 0 aromatic rings. The van der Waals surface area contributed by atoms with E-state index in [9.17, 15) is 10.2 Å². The second-order valence-corrected chi connectivity index (χ2v) is 14.6. The van der Waals surface area contributed by atoms with Crippen LogP contribution in [0.3, 0.4) is 0 Å². The van der Waals surface area contributed by atoms with Gasteiger partial charge in [0.25, 0.3) is 0 Å². The smallest absolute Gasteiger partial charge is 0.0884 e. The van der Waals surface area contributed by atoms with E-state index in [1.54, 1.807) is 0 Å². The molecule has 0 aromatic carbocycles. The second-order valence-electron chi connectivity index (χ2n) is 14.6. The summed E-state index contributed by atoms with van der Waals surface area (Å²) in [5.74, 6) is 1.66. The van der Waals surface area contributed by atoms with Crippen LogP contribution in [0.5, 0.6) is 0 Å². The molecule has 184 valence electrons. The van der Waals surface area contributed by atoms with Crippen molar-refractivity contribution in [3.8, 4) is 0 Å². The third-order valence-electron chi connectivity index (χ3n) is 12.6. The van der Waals surface area contributed by atoms with E-state index in [-0.39, 0.29) is 17.9 Å². The van der Waals surface area contributed by atoms with Crippen LogP contribution in [0.25, 0.3) is 0 Å². The Hall–Kier alpha value is -0.340. The summed E-state index contributed by atoms with van der Waals surface area (Å²) >= 11 is 0. The van der Waals surface area contributed by atoms with Crippen molar-refractivity contribution < 1.29 is 10.2 Å². The van der Waals surface area contributed by atoms with Gasteiger partial charge in [0.2, 0.25) is 0 Å². The fraction of sp³-hybridized carbons (Fsp3) is 0.933. The summed E-state index contributed by atoms with van der Waals surface area (Å²) in [6, 6.07) is 0. The van der Waals surface area contributed by atoms with Gasteiger partial charge in [-0.15, -0.1) is 0 Å². The molecule has 4 fully saturated rings. The summed E-state index contributed by atoms with van der Waals surface area (Å²) < 4.78 is 0. The average Bonchev–Trinajstić information content (AvgIpc) is 2.71. The third-order valence-corrected chi connectivity index (χ3v) is 12.6. The van der Waals surface area contributed by atoms with Gasteiger partial charge in [0.1, 0.15) is 0 Å². The number of aliphatic hydroxyl groups excluding tert-OH is 1. The van der Waals surface area contributed by atoms with Gasteiger partial charge in [0.15, 0.2) is 0 Å². The lowest BCUT2D eigenvalue weighted by Gasteiger charge is -2.74. The predicted molar refractivity (Wildman–Crippen MR) is 134 cm³/mol. The molecule has 4 aliphatic rings. The summed E-state index contributed by atoms with van der Waals surface area (Å²) in [5.41, 5.74) is 1.94. The van der Waals surface area contributed by atoms with Crippen LogP contribution >= 0.6 is 0 Å². The maximum absolute atomic E-state index is 11.9. The van der Waals surface area contributed by atoms with Crippen LogP contribution < -0.4 is 0 Å². The number of rotatable bonds is 4. The monoisotopic (exact) mass is 444 g/mol. The summed E-state index contributed by atoms with van der Waals surface area (Å²) in [5, 5.41) is 21.6. The Balaban J connectivity index is 1.76. The fourth-order valence-corrected chi connectivity index (χ4v) is 10.2. The van der Waals surface area contributed by atoms with Crippen molar-refractivity contribution in [2.45, 2.75) is 125 Å². The van der Waals surface area contributed by atoms with Gasteiger partial charge < -0.3 is 10.2 Å². The zero-order valence-corrected chi connectivity index (χ0v) is 22.3. The molecule has 0 bridgehead atoms. The zero-order chi connectivity index (χ0) is 23.8. The molecular weight excluding hydrogens is 392 g/mol. The minimum absolute atomic E-state index is 0.118. The van der Waals surface area contributed by atoms with Crippen LogP contribution in [-0.4, -0.2) is 22.4 Å². The van der Waals surface area contributed by atoms with Gasteiger partial charge in [0.05, 0.1) is 5.60 Å². The first kappa shape index (κ1) is 24.8. The Morgan fingerprint density at radius 3 is 2.06 bits per heavy atom. The summed E-state index contributed by atoms with van der Waals surface area (Å²) in [6.07, 6.45) is 13.0. The molecule has 4 rings (SSSR count). The highest BCUT2D eigenvalue weighted by atomic mass is 16.3. The van der Waals surface area contributed by atoms with Crippen molar-refractivity contribution in [2.24, 2.45) is 44.8 Å². The van der Waals surface area contributed by atoms with Gasteiger partial charge in [-0.1, -0.05) is 48.1 Å². The van der Waals surface area contributed by atoms with Gasteiger partial charge in [-0.25, -0.2) is 0 Å². The topological polar surface area (TPSA) is 40.5 Å². The summed E-state index contributed by atoms with van der Waals surface area (Å²) in [7, 11) is 0. The van der Waals surface area contributed by atoms with E-state index in [1.165, 1.54) is 44.9 Å². The normalized spacial score (nSPS) is 52.5. The summed E-state index contributed by atoms with van der Waals surface area (Å²) in [6.45, 7) is 22.0. The van der Waals surface area contributed by atoms with Crippen LogP contribution in [0, 0.1) is 44.8 Å². The first-order valence-electron chi connectivity index (χ1n) is 13.7. The zero-order valence-electron chi connectivity index (χ0n) is 22.3. The van der Waals surface area contributed by atoms with E-state index in [0.717, 1.165) is 37.2 Å². The number of hydrogen-bond acceptors (Lipinski definition) is 2. The lowest BCUT2D eigenvalue weighted by molar-refractivity contribution is -0.257. The highest BCUT2D eigenvalue weighted by molar-refractivity contribution is 5.24. The van der Waals surface area contributed by atoms with Crippen molar-refractivity contribution in [3.63, 3.8) is 0 Å². The highest BCUT2D eigenvalue weighted by Gasteiger charge is 2.70. The van der Waals surface area contributed by atoms with Gasteiger partial charge in [-0.2, -0.15) is 0 Å². The minimum Gasteiger partial charge on any atom is -0.396 e. The molecular formula is C30H52O2. The van der Waals surface area contributed by atoms with Crippen LogP contribution in [0.15, 0.2) is 12.2 Å². The fourth-order valence-electron chi connectivity index (χ4n) is 10.2. The Morgan fingerprint density at radius 2 is 1.44 bits per heavy atom. The van der Waals surface area contributed by atoms with E-state index >= 15 is 0 Å². The van der Waals surface area contributed by atoms with Crippen LogP contribution in [0.2, 0.25) is 0 Å². The molecule has 8 atom stereocenters. The Kier molecular flexibility index (Phi) is 5.87. The standard InChI is InChI=1S/C30H52O2/c1-21(2)30(32)12-11-22-27(6,23(30)10-9-19-31)16-18-29(8)24-20-25(3,4)13-14-26(24,5)15-17-28(22,29)7/h22-24,31-32H,1,9-20H2,2-8H3/t22-,23-,24+,26+,27+,28+,29-,30+/m1/s1. The van der Waals surface area contributed by atoms with E-state index in [2.05, 4.69) is 48.1 Å². The number of hydrogen-bond donors (Lipinski definition) is 2. The Bertz CT molecular complexity index is 756. The summed E-state index contributed by atoms with van der Waals surface area (Å²) in [4.78, 5) is 0. The minimum atomic E-state index is -0.777. The molecule has 2 heteroatoms. The molecule has 0 radical (unpaired) electrons. The van der Waals surface area contributed by atoms with Crippen LogP contribution in [-0.2, 0) is 0 Å². The van der Waals surface area contributed by atoms with Crippen LogP contribution in [0.4, 0.5) is 0 Å². The van der Waals surface area contributed by atoms with Gasteiger partial charge >= 0.3 is 0 Å². The second kappa shape index (κ2) is 7.58. The van der Waals surface area contributed by atoms with E-state index in [0.29, 0.717) is 27.6 Å². The molecule has 0 aliphatic heterocycles. The Morgan fingerprint density at radius 1 is 0.844 bits per heavy atom. The van der Waals surface area contributed by atoms with E-state index in [4.69, 9.17) is 0 Å². The lowest BCUT2D eigenvalue weighted by atomic mass is 9.31. The number of fused-ring (bicyclic) bond motifs is 5. The van der Waals surface area contributed by atoms with Crippen molar-refractivity contribution >= 4 is 0 Å². The maximum Gasteiger partial charge on any atom is 0.0884 e. The average molecular weight is 445 g/mol. The molecule has 0 saturated heterocycles. The van der Waals surface area contributed by atoms with E-state index in [1.807, 2.05) is 6.92 Å². The molecule has 32 heavy (non-hydrogen) atoms. The van der Waals surface area contributed by atoms with Crippen molar-refractivity contribution in [2.75, 3.05) is 6.61 Å². The molecule has 4 aliphatic carbocycles. The highest BCUT2D eigenvalue weighted by Crippen LogP contribution is 2.77. The quantitative estimate of drug-likeness (QED) is 0.440. The van der Waals surface area contributed by atoms with Gasteiger partial charge in [-0.3, -0.25) is 0 Å². The van der Waals surface area contributed by atoms with Gasteiger partial charge in [0, 0.05) is 6.61 Å². The van der Waals surface area contributed by atoms with Crippen molar-refractivity contribution in [1.29, 1.82) is 0 Å². The number of aliphatic hydroxyl groups is 2.